The molecule has 2 rings (SSSR count). The van der Waals surface area contributed by atoms with Gasteiger partial charge in [-0.15, -0.1) is 11.3 Å². The molecular weight excluding hydrogens is 261 g/mol. The van der Waals surface area contributed by atoms with E-state index < -0.39 is 6.10 Å². The van der Waals surface area contributed by atoms with Gasteiger partial charge in [-0.3, -0.25) is 0 Å². The molecule has 1 aromatic carbocycles. The lowest BCUT2D eigenvalue weighted by molar-refractivity contribution is 0.199. The van der Waals surface area contributed by atoms with Gasteiger partial charge in [0.05, 0.1) is 11.8 Å². The summed E-state index contributed by atoms with van der Waals surface area (Å²) in [6.45, 7) is 2.38. The van der Waals surface area contributed by atoms with Gasteiger partial charge in [0.1, 0.15) is 5.82 Å². The Balaban J connectivity index is 2.16. The molecule has 19 heavy (non-hydrogen) atoms. The highest BCUT2D eigenvalue weighted by Gasteiger charge is 2.16. The van der Waals surface area contributed by atoms with Crippen LogP contribution in [0.2, 0.25) is 0 Å². The van der Waals surface area contributed by atoms with E-state index in [0.717, 1.165) is 13.0 Å². The van der Waals surface area contributed by atoms with E-state index in [2.05, 4.69) is 6.07 Å². The van der Waals surface area contributed by atoms with Crippen LogP contribution < -0.4 is 4.90 Å². The molecule has 102 valence electrons. The second-order valence-electron chi connectivity index (χ2n) is 4.60. The first kappa shape index (κ1) is 14.0. The highest BCUT2D eigenvalue weighted by Crippen LogP contribution is 2.28. The van der Waals surface area contributed by atoms with Crippen LogP contribution in [0.4, 0.5) is 10.1 Å². The van der Waals surface area contributed by atoms with Crippen molar-refractivity contribution >= 4 is 17.0 Å². The van der Waals surface area contributed by atoms with Gasteiger partial charge in [0.15, 0.2) is 0 Å². The molecule has 0 saturated heterocycles. The lowest BCUT2D eigenvalue weighted by Crippen LogP contribution is -2.23. The molecule has 4 heteroatoms. The molecule has 0 saturated carbocycles. The summed E-state index contributed by atoms with van der Waals surface area (Å²) in [6.07, 6.45) is 0.205. The fourth-order valence-electron chi connectivity index (χ4n) is 2.12. The lowest BCUT2D eigenvalue weighted by atomic mass is 10.1. The minimum Gasteiger partial charge on any atom is -0.389 e. The number of benzene rings is 1. The molecule has 0 spiro atoms. The molecule has 0 aliphatic rings. The molecule has 0 aliphatic carbocycles. The zero-order valence-electron chi connectivity index (χ0n) is 11.1. The molecular formula is C15H18FNOS. The molecule has 0 radical (unpaired) electrons. The van der Waals surface area contributed by atoms with E-state index in [-0.39, 0.29) is 5.82 Å². The average molecular weight is 279 g/mol. The first-order valence-corrected chi connectivity index (χ1v) is 7.17. The van der Waals surface area contributed by atoms with Crippen LogP contribution in [0.5, 0.6) is 0 Å². The van der Waals surface area contributed by atoms with E-state index in [4.69, 9.17) is 0 Å². The number of aliphatic hydroxyl groups excluding tert-OH is 1. The highest BCUT2D eigenvalue weighted by atomic mass is 32.1. The van der Waals surface area contributed by atoms with E-state index in [1.54, 1.807) is 30.4 Å². The Labute approximate surface area is 117 Å². The quantitative estimate of drug-likeness (QED) is 0.903. The average Bonchev–Trinajstić information content (AvgIpc) is 2.88. The Bertz CT molecular complexity index is 525. The van der Waals surface area contributed by atoms with Crippen molar-refractivity contribution in [2.75, 3.05) is 18.5 Å². The van der Waals surface area contributed by atoms with Crippen molar-refractivity contribution < 1.29 is 9.50 Å². The van der Waals surface area contributed by atoms with Gasteiger partial charge in [0.2, 0.25) is 0 Å². The molecule has 2 nitrogen and oxygen atoms in total. The van der Waals surface area contributed by atoms with Crippen molar-refractivity contribution in [3.63, 3.8) is 0 Å². The van der Waals surface area contributed by atoms with Crippen LogP contribution in [0.25, 0.3) is 0 Å². The summed E-state index contributed by atoms with van der Waals surface area (Å²) in [5, 5.41) is 11.8. The van der Waals surface area contributed by atoms with Crippen LogP contribution >= 0.6 is 11.3 Å². The van der Waals surface area contributed by atoms with Crippen molar-refractivity contribution in [2.45, 2.75) is 19.4 Å². The Morgan fingerprint density at radius 2 is 2.11 bits per heavy atom. The maximum Gasteiger partial charge on any atom is 0.146 e. The molecule has 1 aromatic heterocycles. The third-order valence-corrected chi connectivity index (χ3v) is 4.06. The van der Waals surface area contributed by atoms with Gasteiger partial charge < -0.3 is 10.0 Å². The molecule has 0 amide bonds. The fraction of sp³-hybridized carbons (Fsp3) is 0.333. The van der Waals surface area contributed by atoms with Crippen LogP contribution in [0, 0.1) is 5.82 Å². The van der Waals surface area contributed by atoms with E-state index in [9.17, 15) is 9.50 Å². The minimum absolute atomic E-state index is 0.285. The van der Waals surface area contributed by atoms with Gasteiger partial charge in [-0.1, -0.05) is 18.2 Å². The summed E-state index contributed by atoms with van der Waals surface area (Å²) >= 11 is 1.70. The molecule has 0 fully saturated rings. The standard InChI is InChI=1S/C15H18FNOS/c1-11(18)13-6-3-7-14(16)15(13)17(2)9-8-12-5-4-10-19-12/h3-7,10-11,18H,8-9H2,1-2H3/t11-/m1/s1. The Morgan fingerprint density at radius 3 is 2.74 bits per heavy atom. The summed E-state index contributed by atoms with van der Waals surface area (Å²) in [6, 6.07) is 8.93. The maximum atomic E-state index is 14.0. The van der Waals surface area contributed by atoms with Crippen LogP contribution in [0.3, 0.4) is 0 Å². The number of aliphatic hydroxyl groups is 1. The monoisotopic (exact) mass is 279 g/mol. The zero-order valence-corrected chi connectivity index (χ0v) is 12.0. The zero-order chi connectivity index (χ0) is 13.8. The van der Waals surface area contributed by atoms with Crippen molar-refractivity contribution in [3.05, 3.63) is 52.0 Å². The Morgan fingerprint density at radius 1 is 1.32 bits per heavy atom. The Hall–Kier alpha value is -1.39. The van der Waals surface area contributed by atoms with E-state index in [1.165, 1.54) is 10.9 Å². The fourth-order valence-corrected chi connectivity index (χ4v) is 2.81. The largest absolute Gasteiger partial charge is 0.389 e. The minimum atomic E-state index is -0.671. The van der Waals surface area contributed by atoms with Gasteiger partial charge in [0.25, 0.3) is 0 Å². The van der Waals surface area contributed by atoms with Crippen molar-refractivity contribution in [3.8, 4) is 0 Å². The highest BCUT2D eigenvalue weighted by molar-refractivity contribution is 7.09. The normalized spacial score (nSPS) is 12.4. The predicted octanol–water partition coefficient (Wildman–Crippen LogP) is 3.62. The second kappa shape index (κ2) is 6.17. The SMILES string of the molecule is C[C@@H](O)c1cccc(F)c1N(C)CCc1cccs1. The molecule has 0 aliphatic heterocycles. The van der Waals surface area contributed by atoms with Gasteiger partial charge in [0, 0.05) is 24.0 Å². The third kappa shape index (κ3) is 3.33. The first-order chi connectivity index (χ1) is 9.09. The summed E-state index contributed by atoms with van der Waals surface area (Å²) in [5.41, 5.74) is 1.13. The smallest absolute Gasteiger partial charge is 0.146 e. The van der Waals surface area contributed by atoms with Crippen LogP contribution in [-0.2, 0) is 6.42 Å². The van der Waals surface area contributed by atoms with Crippen molar-refractivity contribution in [1.29, 1.82) is 0 Å². The number of thiophene rings is 1. The molecule has 1 atom stereocenters. The van der Waals surface area contributed by atoms with E-state index >= 15 is 0 Å². The van der Waals surface area contributed by atoms with Gasteiger partial charge in [-0.2, -0.15) is 0 Å². The number of halogens is 1. The Kier molecular flexibility index (Phi) is 4.56. The van der Waals surface area contributed by atoms with Gasteiger partial charge in [-0.05, 0) is 30.9 Å². The molecule has 1 heterocycles. The van der Waals surface area contributed by atoms with E-state index in [1.807, 2.05) is 23.4 Å². The number of rotatable bonds is 5. The second-order valence-corrected chi connectivity index (χ2v) is 5.64. The van der Waals surface area contributed by atoms with Crippen LogP contribution in [0.15, 0.2) is 35.7 Å². The van der Waals surface area contributed by atoms with Crippen LogP contribution in [0.1, 0.15) is 23.5 Å². The summed E-state index contributed by atoms with van der Waals surface area (Å²) < 4.78 is 14.0. The van der Waals surface area contributed by atoms with E-state index in [0.29, 0.717) is 11.3 Å². The topological polar surface area (TPSA) is 23.5 Å². The molecule has 2 aromatic rings. The maximum absolute atomic E-state index is 14.0. The summed E-state index contributed by atoms with van der Waals surface area (Å²) in [4.78, 5) is 3.15. The molecule has 1 N–H and O–H groups in total. The number of hydrogen-bond acceptors (Lipinski definition) is 3. The third-order valence-electron chi connectivity index (χ3n) is 3.12. The lowest BCUT2D eigenvalue weighted by Gasteiger charge is -2.24. The number of likely N-dealkylation sites (N-methyl/N-ethyl adjacent to an activating group) is 1. The van der Waals surface area contributed by atoms with Gasteiger partial charge in [-0.25, -0.2) is 4.39 Å². The van der Waals surface area contributed by atoms with Gasteiger partial charge >= 0.3 is 0 Å². The molecule has 0 bridgehead atoms. The first-order valence-electron chi connectivity index (χ1n) is 6.29. The summed E-state index contributed by atoms with van der Waals surface area (Å²) in [5.74, 6) is -0.285. The number of hydrogen-bond donors (Lipinski definition) is 1. The molecule has 0 unspecified atom stereocenters. The number of nitrogens with zero attached hydrogens (tertiary/aromatic N) is 1. The predicted molar refractivity (Wildman–Crippen MR) is 78.3 cm³/mol. The van der Waals surface area contributed by atoms with Crippen LogP contribution in [-0.4, -0.2) is 18.7 Å². The van der Waals surface area contributed by atoms with Crippen molar-refractivity contribution in [2.24, 2.45) is 0 Å². The number of anilines is 1. The summed E-state index contributed by atoms with van der Waals surface area (Å²) in [7, 11) is 1.86. The van der Waals surface area contributed by atoms with Crippen molar-refractivity contribution in [1.82, 2.24) is 0 Å². The number of para-hydroxylation sites is 1.